The van der Waals surface area contributed by atoms with Crippen molar-refractivity contribution in [3.05, 3.63) is 24.3 Å². The molecule has 0 aromatic heterocycles. The van der Waals surface area contributed by atoms with Gasteiger partial charge in [0.05, 0.1) is 18.6 Å². The van der Waals surface area contributed by atoms with Crippen LogP contribution in [0.5, 0.6) is 5.75 Å². The third kappa shape index (κ3) is 4.46. The van der Waals surface area contributed by atoms with Gasteiger partial charge in [-0.3, -0.25) is 9.59 Å². The predicted octanol–water partition coefficient (Wildman–Crippen LogP) is 2.29. The summed E-state index contributed by atoms with van der Waals surface area (Å²) in [5.41, 5.74) is 0.616. The molecule has 6 heteroatoms. The Morgan fingerprint density at radius 3 is 2.68 bits per heavy atom. The van der Waals surface area contributed by atoms with E-state index in [1.165, 1.54) is 0 Å². The van der Waals surface area contributed by atoms with Crippen LogP contribution in [0.1, 0.15) is 26.2 Å². The van der Waals surface area contributed by atoms with Crippen LogP contribution in [0.4, 0.5) is 5.69 Å². The first-order chi connectivity index (χ1) is 10.6. The molecule has 1 aromatic carbocycles. The van der Waals surface area contributed by atoms with Crippen molar-refractivity contribution in [2.75, 3.05) is 18.5 Å². The standard InChI is InChI=1S/C16H21NO5/c1-2-21-12-7-5-11(6-8-12)17-15(18)10-13(16(19)20)14-4-3-9-22-14/h5-8,13-14H,2-4,9-10H2,1H3,(H,17,18)(H,19,20)/t13-,14-/m0/s1. The van der Waals surface area contributed by atoms with Crippen molar-refractivity contribution in [1.82, 2.24) is 0 Å². The Balaban J connectivity index is 1.91. The molecule has 1 fully saturated rings. The lowest BCUT2D eigenvalue weighted by atomic mass is 9.96. The van der Waals surface area contributed by atoms with Crippen LogP contribution in [0, 0.1) is 5.92 Å². The predicted molar refractivity (Wildman–Crippen MR) is 81.0 cm³/mol. The minimum Gasteiger partial charge on any atom is -0.494 e. The van der Waals surface area contributed by atoms with E-state index in [4.69, 9.17) is 9.47 Å². The van der Waals surface area contributed by atoms with Gasteiger partial charge < -0.3 is 19.9 Å². The van der Waals surface area contributed by atoms with E-state index in [-0.39, 0.29) is 18.4 Å². The number of amides is 1. The highest BCUT2D eigenvalue weighted by atomic mass is 16.5. The van der Waals surface area contributed by atoms with Crippen molar-refractivity contribution in [2.45, 2.75) is 32.3 Å². The second-order valence-electron chi connectivity index (χ2n) is 5.21. The summed E-state index contributed by atoms with van der Waals surface area (Å²) in [6, 6.07) is 6.97. The number of hydrogen-bond donors (Lipinski definition) is 2. The van der Waals surface area contributed by atoms with Crippen LogP contribution in [-0.2, 0) is 14.3 Å². The molecule has 1 saturated heterocycles. The number of rotatable bonds is 7. The molecule has 22 heavy (non-hydrogen) atoms. The number of benzene rings is 1. The molecule has 6 nitrogen and oxygen atoms in total. The molecule has 2 rings (SSSR count). The normalized spacial score (nSPS) is 18.7. The molecular weight excluding hydrogens is 286 g/mol. The highest BCUT2D eigenvalue weighted by Gasteiger charge is 2.33. The van der Waals surface area contributed by atoms with E-state index >= 15 is 0 Å². The van der Waals surface area contributed by atoms with Gasteiger partial charge >= 0.3 is 5.97 Å². The van der Waals surface area contributed by atoms with Gasteiger partial charge in [0.2, 0.25) is 5.91 Å². The lowest BCUT2D eigenvalue weighted by Crippen LogP contribution is -2.31. The molecule has 1 heterocycles. The molecule has 2 atom stereocenters. The van der Waals surface area contributed by atoms with Gasteiger partial charge in [-0.2, -0.15) is 0 Å². The zero-order valence-corrected chi connectivity index (χ0v) is 12.6. The Kier molecular flexibility index (Phi) is 5.77. The number of hydrogen-bond acceptors (Lipinski definition) is 4. The third-order valence-corrected chi connectivity index (χ3v) is 3.59. The molecule has 1 aliphatic heterocycles. The number of carbonyl (C=O) groups is 2. The monoisotopic (exact) mass is 307 g/mol. The maximum absolute atomic E-state index is 12.0. The maximum atomic E-state index is 12.0. The van der Waals surface area contributed by atoms with E-state index in [9.17, 15) is 14.7 Å². The Bertz CT molecular complexity index is 508. The number of carbonyl (C=O) groups excluding carboxylic acids is 1. The fourth-order valence-electron chi connectivity index (χ4n) is 2.51. The summed E-state index contributed by atoms with van der Waals surface area (Å²) in [6.45, 7) is 3.04. The number of ether oxygens (including phenoxy) is 2. The van der Waals surface area contributed by atoms with Gasteiger partial charge in [-0.1, -0.05) is 0 Å². The summed E-state index contributed by atoms with van der Waals surface area (Å²) in [6.07, 6.45) is 1.07. The minimum atomic E-state index is -0.992. The van der Waals surface area contributed by atoms with E-state index in [2.05, 4.69) is 5.32 Å². The molecule has 0 saturated carbocycles. The second-order valence-corrected chi connectivity index (χ2v) is 5.21. The summed E-state index contributed by atoms with van der Waals surface area (Å²) in [7, 11) is 0. The molecular formula is C16H21NO5. The van der Waals surface area contributed by atoms with Crippen molar-refractivity contribution in [3.8, 4) is 5.75 Å². The van der Waals surface area contributed by atoms with Crippen LogP contribution in [0.3, 0.4) is 0 Å². The Labute approximate surface area is 129 Å². The Morgan fingerprint density at radius 2 is 2.14 bits per heavy atom. The number of anilines is 1. The van der Waals surface area contributed by atoms with Gasteiger partial charge in [-0.15, -0.1) is 0 Å². The van der Waals surface area contributed by atoms with Crippen LogP contribution in [-0.4, -0.2) is 36.3 Å². The zero-order chi connectivity index (χ0) is 15.9. The van der Waals surface area contributed by atoms with Crippen LogP contribution < -0.4 is 10.1 Å². The Hall–Kier alpha value is -2.08. The summed E-state index contributed by atoms with van der Waals surface area (Å²) >= 11 is 0. The first-order valence-electron chi connectivity index (χ1n) is 7.47. The first-order valence-corrected chi connectivity index (χ1v) is 7.47. The topological polar surface area (TPSA) is 84.9 Å². The molecule has 0 spiro atoms. The van der Waals surface area contributed by atoms with E-state index in [0.29, 0.717) is 25.3 Å². The van der Waals surface area contributed by atoms with Crippen LogP contribution in [0.25, 0.3) is 0 Å². The van der Waals surface area contributed by atoms with Gasteiger partial charge in [0, 0.05) is 18.7 Å². The lowest BCUT2D eigenvalue weighted by Gasteiger charge is -2.18. The quantitative estimate of drug-likeness (QED) is 0.807. The summed E-state index contributed by atoms with van der Waals surface area (Å²) in [5, 5.41) is 12.0. The molecule has 1 amide bonds. The molecule has 0 unspecified atom stereocenters. The van der Waals surface area contributed by atoms with E-state index < -0.39 is 11.9 Å². The van der Waals surface area contributed by atoms with E-state index in [0.717, 1.165) is 12.2 Å². The lowest BCUT2D eigenvalue weighted by molar-refractivity contribution is -0.148. The van der Waals surface area contributed by atoms with Crippen molar-refractivity contribution in [2.24, 2.45) is 5.92 Å². The zero-order valence-electron chi connectivity index (χ0n) is 12.6. The molecule has 2 N–H and O–H groups in total. The largest absolute Gasteiger partial charge is 0.494 e. The Morgan fingerprint density at radius 1 is 1.41 bits per heavy atom. The maximum Gasteiger partial charge on any atom is 0.309 e. The fraction of sp³-hybridized carbons (Fsp3) is 0.500. The van der Waals surface area contributed by atoms with Crippen LogP contribution in [0.15, 0.2) is 24.3 Å². The third-order valence-electron chi connectivity index (χ3n) is 3.59. The van der Waals surface area contributed by atoms with Crippen molar-refractivity contribution in [1.29, 1.82) is 0 Å². The molecule has 1 aromatic rings. The summed E-state index contributed by atoms with van der Waals surface area (Å²) in [4.78, 5) is 23.3. The number of nitrogens with one attached hydrogen (secondary N) is 1. The number of carboxylic acids is 1. The molecule has 0 bridgehead atoms. The second kappa shape index (κ2) is 7.79. The van der Waals surface area contributed by atoms with Crippen LogP contribution >= 0.6 is 0 Å². The fourth-order valence-corrected chi connectivity index (χ4v) is 2.51. The van der Waals surface area contributed by atoms with Crippen molar-refractivity contribution >= 4 is 17.6 Å². The molecule has 1 aliphatic rings. The number of carboxylic acid groups (broad SMARTS) is 1. The molecule has 0 radical (unpaired) electrons. The van der Waals surface area contributed by atoms with E-state index in [1.54, 1.807) is 24.3 Å². The van der Waals surface area contributed by atoms with Gasteiger partial charge in [0.1, 0.15) is 5.75 Å². The highest BCUT2D eigenvalue weighted by Crippen LogP contribution is 2.24. The summed E-state index contributed by atoms with van der Waals surface area (Å²) < 4.78 is 10.7. The minimum absolute atomic E-state index is 0.0901. The van der Waals surface area contributed by atoms with Gasteiger partial charge in [-0.25, -0.2) is 0 Å². The average Bonchev–Trinajstić information content (AvgIpc) is 3.01. The molecule has 120 valence electrons. The first kappa shape index (κ1) is 16.3. The van der Waals surface area contributed by atoms with E-state index in [1.807, 2.05) is 6.92 Å². The van der Waals surface area contributed by atoms with Gasteiger partial charge in [0.15, 0.2) is 0 Å². The number of aliphatic carboxylic acids is 1. The van der Waals surface area contributed by atoms with Gasteiger partial charge in [0.25, 0.3) is 0 Å². The smallest absolute Gasteiger partial charge is 0.309 e. The van der Waals surface area contributed by atoms with Crippen molar-refractivity contribution < 1.29 is 24.2 Å². The SMILES string of the molecule is CCOc1ccc(NC(=O)C[C@H](C(=O)O)[C@@H]2CCCO2)cc1. The van der Waals surface area contributed by atoms with Crippen molar-refractivity contribution in [3.63, 3.8) is 0 Å². The average molecular weight is 307 g/mol. The van der Waals surface area contributed by atoms with Crippen LogP contribution in [0.2, 0.25) is 0 Å². The van der Waals surface area contributed by atoms with Gasteiger partial charge in [-0.05, 0) is 44.0 Å². The highest BCUT2D eigenvalue weighted by molar-refractivity contribution is 5.93. The molecule has 0 aliphatic carbocycles. The summed E-state index contributed by atoms with van der Waals surface area (Å²) in [5.74, 6) is -1.39.